The summed E-state index contributed by atoms with van der Waals surface area (Å²) < 4.78 is 1.70. The average Bonchev–Trinajstić information content (AvgIpc) is 3.16. The maximum absolute atomic E-state index is 12.3. The smallest absolute Gasteiger partial charge is 0.336 e. The number of carbonyl (C=O) groups excluding carboxylic acids is 1. The maximum atomic E-state index is 12.3. The molecule has 0 spiro atoms. The minimum atomic E-state index is -1.01. The number of aryl methyl sites for hydroxylation is 1. The van der Waals surface area contributed by atoms with Crippen molar-refractivity contribution < 1.29 is 14.7 Å². The number of hydrogen-bond donors (Lipinski definition) is 2. The van der Waals surface area contributed by atoms with Crippen molar-refractivity contribution in [3.63, 3.8) is 0 Å². The molecule has 7 heteroatoms. The van der Waals surface area contributed by atoms with Crippen molar-refractivity contribution in [2.45, 2.75) is 0 Å². The number of amides is 1. The minimum Gasteiger partial charge on any atom is -0.478 e. The van der Waals surface area contributed by atoms with Crippen molar-refractivity contribution in [1.29, 1.82) is 0 Å². The number of anilines is 1. The van der Waals surface area contributed by atoms with Gasteiger partial charge in [-0.1, -0.05) is 12.1 Å². The minimum absolute atomic E-state index is 0.161. The number of benzene rings is 1. The van der Waals surface area contributed by atoms with E-state index in [1.807, 2.05) is 19.3 Å². The molecule has 2 N–H and O–H groups in total. The van der Waals surface area contributed by atoms with Gasteiger partial charge < -0.3 is 10.4 Å². The molecule has 0 saturated carbocycles. The average molecular weight is 327 g/mol. The molecule has 0 radical (unpaired) electrons. The highest BCUT2D eigenvalue weighted by molar-refractivity contribution is 7.14. The van der Waals surface area contributed by atoms with Crippen LogP contribution in [0.4, 0.5) is 5.00 Å². The largest absolute Gasteiger partial charge is 0.478 e. The van der Waals surface area contributed by atoms with E-state index in [1.54, 1.807) is 29.1 Å². The van der Waals surface area contributed by atoms with E-state index >= 15 is 0 Å². The Kier molecular flexibility index (Phi) is 3.94. The van der Waals surface area contributed by atoms with Gasteiger partial charge in [0, 0.05) is 29.8 Å². The van der Waals surface area contributed by atoms with Crippen LogP contribution in [0.3, 0.4) is 0 Å². The van der Waals surface area contributed by atoms with Crippen LogP contribution in [-0.2, 0) is 7.05 Å². The maximum Gasteiger partial charge on any atom is 0.336 e. The summed E-state index contributed by atoms with van der Waals surface area (Å²) in [6, 6.07) is 8.63. The number of carboxylic acids is 1. The summed E-state index contributed by atoms with van der Waals surface area (Å²) in [5.74, 6) is -1.30. The first-order valence-corrected chi connectivity index (χ1v) is 7.63. The Hall–Kier alpha value is -2.93. The molecule has 0 saturated heterocycles. The summed E-state index contributed by atoms with van der Waals surface area (Å²) in [4.78, 5) is 23.2. The summed E-state index contributed by atoms with van der Waals surface area (Å²) in [6.45, 7) is 0. The van der Waals surface area contributed by atoms with Crippen molar-refractivity contribution in [3.05, 3.63) is 59.2 Å². The van der Waals surface area contributed by atoms with E-state index in [-0.39, 0.29) is 11.5 Å². The fourth-order valence-electron chi connectivity index (χ4n) is 2.11. The highest BCUT2D eigenvalue weighted by atomic mass is 32.1. The number of carbonyl (C=O) groups is 2. The normalized spacial score (nSPS) is 10.5. The van der Waals surface area contributed by atoms with Crippen molar-refractivity contribution in [3.8, 4) is 11.1 Å². The molecule has 0 aliphatic rings. The van der Waals surface area contributed by atoms with Crippen LogP contribution < -0.4 is 5.32 Å². The summed E-state index contributed by atoms with van der Waals surface area (Å²) in [7, 11) is 1.83. The molecule has 2 heterocycles. The first kappa shape index (κ1) is 15.0. The summed E-state index contributed by atoms with van der Waals surface area (Å²) in [5.41, 5.74) is 2.47. The topological polar surface area (TPSA) is 84.2 Å². The lowest BCUT2D eigenvalue weighted by Crippen LogP contribution is -2.10. The molecule has 0 bridgehead atoms. The van der Waals surface area contributed by atoms with Gasteiger partial charge in [0.25, 0.3) is 5.91 Å². The Morgan fingerprint density at radius 2 is 2.04 bits per heavy atom. The van der Waals surface area contributed by atoms with Crippen molar-refractivity contribution >= 4 is 28.2 Å². The number of carboxylic acid groups (broad SMARTS) is 1. The number of hydrogen-bond acceptors (Lipinski definition) is 4. The lowest BCUT2D eigenvalue weighted by atomic mass is 10.1. The van der Waals surface area contributed by atoms with Crippen LogP contribution in [0.2, 0.25) is 0 Å². The van der Waals surface area contributed by atoms with E-state index < -0.39 is 5.97 Å². The molecule has 3 rings (SSSR count). The van der Waals surface area contributed by atoms with Gasteiger partial charge in [0.2, 0.25) is 0 Å². The lowest BCUT2D eigenvalue weighted by Gasteiger charge is -2.04. The van der Waals surface area contributed by atoms with Crippen LogP contribution >= 0.6 is 11.3 Å². The van der Waals surface area contributed by atoms with Crippen LogP contribution in [0.15, 0.2) is 48.1 Å². The number of aromatic carboxylic acids is 1. The molecule has 0 unspecified atom stereocenters. The molecule has 1 aromatic carbocycles. The molecule has 6 nitrogen and oxygen atoms in total. The zero-order chi connectivity index (χ0) is 16.4. The summed E-state index contributed by atoms with van der Waals surface area (Å²) >= 11 is 1.18. The van der Waals surface area contributed by atoms with E-state index in [4.69, 9.17) is 5.11 Å². The first-order chi connectivity index (χ1) is 11.0. The van der Waals surface area contributed by atoms with Gasteiger partial charge in [-0.15, -0.1) is 11.3 Å². The SMILES string of the molecule is Cn1cc(-c2cccc(C(=O)Nc3cc(C(=O)O)cs3)c2)cn1. The molecule has 0 aliphatic heterocycles. The number of thiophene rings is 1. The standard InChI is InChI=1S/C16H13N3O3S/c1-19-8-13(7-17-19)10-3-2-4-11(5-10)15(20)18-14-6-12(9-23-14)16(21)22/h2-9H,1H3,(H,18,20)(H,21,22). The molecular weight excluding hydrogens is 314 g/mol. The monoisotopic (exact) mass is 327 g/mol. The highest BCUT2D eigenvalue weighted by Crippen LogP contribution is 2.23. The zero-order valence-corrected chi connectivity index (χ0v) is 13.0. The number of rotatable bonds is 4. The molecule has 23 heavy (non-hydrogen) atoms. The molecule has 0 atom stereocenters. The van der Waals surface area contributed by atoms with Crippen molar-refractivity contribution in [2.75, 3.05) is 5.32 Å². The van der Waals surface area contributed by atoms with Gasteiger partial charge in [-0.2, -0.15) is 5.10 Å². The van der Waals surface area contributed by atoms with Gasteiger partial charge in [-0.3, -0.25) is 9.48 Å². The van der Waals surface area contributed by atoms with E-state index in [9.17, 15) is 9.59 Å². The van der Waals surface area contributed by atoms with Gasteiger partial charge in [0.1, 0.15) is 0 Å². The quantitative estimate of drug-likeness (QED) is 0.771. The Morgan fingerprint density at radius 1 is 1.22 bits per heavy atom. The van der Waals surface area contributed by atoms with E-state index in [0.29, 0.717) is 10.6 Å². The van der Waals surface area contributed by atoms with Crippen LogP contribution in [0, 0.1) is 0 Å². The van der Waals surface area contributed by atoms with Crippen LogP contribution in [0.25, 0.3) is 11.1 Å². The van der Waals surface area contributed by atoms with Crippen molar-refractivity contribution in [2.24, 2.45) is 7.05 Å². The first-order valence-electron chi connectivity index (χ1n) is 6.75. The molecule has 2 aromatic heterocycles. The van der Waals surface area contributed by atoms with Gasteiger partial charge in [-0.25, -0.2) is 4.79 Å². The van der Waals surface area contributed by atoms with Crippen molar-refractivity contribution in [1.82, 2.24) is 9.78 Å². The number of aromatic nitrogens is 2. The van der Waals surface area contributed by atoms with Gasteiger partial charge in [-0.05, 0) is 23.8 Å². The van der Waals surface area contributed by atoms with Gasteiger partial charge in [0.15, 0.2) is 0 Å². The zero-order valence-electron chi connectivity index (χ0n) is 12.2. The second-order valence-corrected chi connectivity index (χ2v) is 5.85. The molecule has 116 valence electrons. The third-order valence-corrected chi connectivity index (χ3v) is 4.09. The summed E-state index contributed by atoms with van der Waals surface area (Å²) in [5, 5.41) is 17.7. The van der Waals surface area contributed by atoms with Crippen LogP contribution in [-0.4, -0.2) is 26.8 Å². The van der Waals surface area contributed by atoms with E-state index in [0.717, 1.165) is 11.1 Å². The van der Waals surface area contributed by atoms with Crippen LogP contribution in [0.1, 0.15) is 20.7 Å². The molecule has 0 fully saturated rings. The number of nitrogens with zero attached hydrogens (tertiary/aromatic N) is 2. The Morgan fingerprint density at radius 3 is 2.70 bits per heavy atom. The Balaban J connectivity index is 1.80. The Bertz CT molecular complexity index is 882. The molecular formula is C16H13N3O3S. The third kappa shape index (κ3) is 3.29. The van der Waals surface area contributed by atoms with E-state index in [1.165, 1.54) is 22.8 Å². The van der Waals surface area contributed by atoms with Gasteiger partial charge >= 0.3 is 5.97 Å². The molecule has 3 aromatic rings. The second-order valence-electron chi connectivity index (χ2n) is 4.94. The second kappa shape index (κ2) is 6.05. The van der Waals surface area contributed by atoms with Gasteiger partial charge in [0.05, 0.1) is 16.8 Å². The highest BCUT2D eigenvalue weighted by Gasteiger charge is 2.11. The van der Waals surface area contributed by atoms with Crippen LogP contribution in [0.5, 0.6) is 0 Å². The molecule has 1 amide bonds. The fourth-order valence-corrected chi connectivity index (χ4v) is 2.88. The lowest BCUT2D eigenvalue weighted by molar-refractivity contribution is 0.0697. The molecule has 0 aliphatic carbocycles. The Labute approximate surface area is 136 Å². The third-order valence-electron chi connectivity index (χ3n) is 3.25. The number of nitrogens with one attached hydrogen (secondary N) is 1. The van der Waals surface area contributed by atoms with E-state index in [2.05, 4.69) is 10.4 Å². The predicted octanol–water partition coefficient (Wildman–Crippen LogP) is 3.10. The summed E-state index contributed by atoms with van der Waals surface area (Å²) in [6.07, 6.45) is 3.60. The predicted molar refractivity (Wildman–Crippen MR) is 87.9 cm³/mol. The fraction of sp³-hybridized carbons (Fsp3) is 0.0625.